The van der Waals surface area contributed by atoms with Crippen LogP contribution >= 0.6 is 0 Å². The second-order valence-electron chi connectivity index (χ2n) is 8.53. The smallest absolute Gasteiger partial charge is 0.437 e. The number of fused-ring (bicyclic) bond motifs is 1. The summed E-state index contributed by atoms with van der Waals surface area (Å²) in [7, 11) is 0. The molecule has 0 saturated heterocycles. The average Bonchev–Trinajstić information content (AvgIpc) is 3.43. The molecule has 0 saturated carbocycles. The Morgan fingerprint density at radius 1 is 1.18 bits per heavy atom. The first-order chi connectivity index (χ1) is 17.9. The van der Waals surface area contributed by atoms with Gasteiger partial charge in [0.2, 0.25) is 12.3 Å². The molecule has 38 heavy (non-hydrogen) atoms. The highest BCUT2D eigenvalue weighted by atomic mass is 19.4. The number of para-hydroxylation sites is 1. The molecule has 0 aliphatic rings. The van der Waals surface area contributed by atoms with E-state index in [0.29, 0.717) is 16.6 Å². The molecule has 0 fully saturated rings. The lowest BCUT2D eigenvalue weighted by Crippen LogP contribution is -2.17. The number of anilines is 1. The Hall–Kier alpha value is -4.55. The summed E-state index contributed by atoms with van der Waals surface area (Å²) in [5.74, 6) is -1.27. The third kappa shape index (κ3) is 6.05. The van der Waals surface area contributed by atoms with Crippen LogP contribution in [0.4, 0.5) is 18.9 Å². The number of carbonyl (C=O) groups is 3. The van der Waals surface area contributed by atoms with Crippen LogP contribution in [0.15, 0.2) is 41.0 Å². The number of carbonyl (C=O) groups excluding carboxylic acids is 3. The van der Waals surface area contributed by atoms with E-state index >= 15 is 0 Å². The number of primary amides is 1. The maximum absolute atomic E-state index is 13.8. The van der Waals surface area contributed by atoms with E-state index in [4.69, 9.17) is 9.21 Å². The quantitative estimate of drug-likeness (QED) is 0.279. The van der Waals surface area contributed by atoms with Gasteiger partial charge in [0.15, 0.2) is 11.5 Å². The number of benzene rings is 1. The third-order valence-corrected chi connectivity index (χ3v) is 5.42. The van der Waals surface area contributed by atoms with Crippen molar-refractivity contribution in [2.24, 2.45) is 11.7 Å². The fraction of sp³-hybridized carbons (Fsp3) is 0.280. The second-order valence-corrected chi connectivity index (χ2v) is 8.53. The molecule has 2 amide bonds. The second kappa shape index (κ2) is 11.2. The van der Waals surface area contributed by atoms with Gasteiger partial charge in [0.1, 0.15) is 18.5 Å². The zero-order chi connectivity index (χ0) is 28.2. The van der Waals surface area contributed by atoms with E-state index in [0.717, 1.165) is 4.68 Å². The van der Waals surface area contributed by atoms with E-state index in [9.17, 15) is 22.8 Å². The van der Waals surface area contributed by atoms with Crippen LogP contribution in [-0.2, 0) is 17.5 Å². The van der Waals surface area contributed by atoms with Gasteiger partial charge in [-0.1, -0.05) is 32.0 Å². The molecule has 200 valence electrons. The van der Waals surface area contributed by atoms with Gasteiger partial charge in [0.05, 0.1) is 22.5 Å². The number of pyridine rings is 1. The van der Waals surface area contributed by atoms with Gasteiger partial charge < -0.3 is 15.5 Å². The minimum atomic E-state index is -4.83. The molecule has 0 atom stereocenters. The normalized spacial score (nSPS) is 11.3. The number of halogens is 3. The number of nitrogens with one attached hydrogen (secondary N) is 1. The van der Waals surface area contributed by atoms with Crippen molar-refractivity contribution in [2.75, 3.05) is 5.32 Å². The summed E-state index contributed by atoms with van der Waals surface area (Å²) in [4.78, 5) is 42.2. The van der Waals surface area contributed by atoms with Crippen LogP contribution in [0.2, 0.25) is 0 Å². The Kier molecular flexibility index (Phi) is 8.29. The van der Waals surface area contributed by atoms with E-state index in [1.54, 1.807) is 45.0 Å². The van der Waals surface area contributed by atoms with E-state index in [1.807, 2.05) is 0 Å². The molecule has 10 nitrogen and oxygen atoms in total. The number of rotatable bonds is 6. The van der Waals surface area contributed by atoms with Gasteiger partial charge in [-0.05, 0) is 26.0 Å². The molecule has 4 aromatic rings. The highest BCUT2D eigenvalue weighted by molar-refractivity contribution is 6.12. The van der Waals surface area contributed by atoms with Crippen LogP contribution in [0.1, 0.15) is 57.7 Å². The fourth-order valence-corrected chi connectivity index (χ4v) is 3.65. The SMILES string of the molecule is Cc1cc(C(=O)Nc2c(C(F)(F)F)nn(Cc3nc(C(=O)C(C)C)co3)c2C)c2ccccc2n1.NC=O. The van der Waals surface area contributed by atoms with Gasteiger partial charge in [-0.15, -0.1) is 0 Å². The predicted molar refractivity (Wildman–Crippen MR) is 131 cm³/mol. The molecule has 0 aliphatic carbocycles. The van der Waals surface area contributed by atoms with Gasteiger partial charge in [-0.3, -0.25) is 24.0 Å². The molecule has 3 heterocycles. The number of Topliss-reactive ketones (excluding diaryl/α,β-unsaturated/α-hetero) is 1. The van der Waals surface area contributed by atoms with Crippen molar-refractivity contribution in [3.63, 3.8) is 0 Å². The molecule has 0 spiro atoms. The molecule has 13 heteroatoms. The van der Waals surface area contributed by atoms with Gasteiger partial charge in [0.25, 0.3) is 5.91 Å². The van der Waals surface area contributed by atoms with Crippen LogP contribution in [-0.4, -0.2) is 37.8 Å². The number of nitrogens with two attached hydrogens (primary N) is 1. The zero-order valence-electron chi connectivity index (χ0n) is 21.0. The predicted octanol–water partition coefficient (Wildman–Crippen LogP) is 4.30. The summed E-state index contributed by atoms with van der Waals surface area (Å²) >= 11 is 0. The summed E-state index contributed by atoms with van der Waals surface area (Å²) in [6, 6.07) is 8.39. The molecule has 1 aromatic carbocycles. The summed E-state index contributed by atoms with van der Waals surface area (Å²) in [6.07, 6.45) is -3.41. The first-order valence-electron chi connectivity index (χ1n) is 11.3. The minimum Gasteiger partial charge on any atom is -0.446 e. The van der Waals surface area contributed by atoms with Crippen LogP contribution in [0, 0.1) is 19.8 Å². The maximum atomic E-state index is 13.8. The Bertz CT molecular complexity index is 1490. The largest absolute Gasteiger partial charge is 0.446 e. The Balaban J connectivity index is 0.00000127. The van der Waals surface area contributed by atoms with Crippen molar-refractivity contribution >= 4 is 34.7 Å². The van der Waals surface area contributed by atoms with Gasteiger partial charge >= 0.3 is 6.18 Å². The lowest BCUT2D eigenvalue weighted by atomic mass is 10.1. The number of aromatic nitrogens is 4. The highest BCUT2D eigenvalue weighted by Crippen LogP contribution is 2.36. The van der Waals surface area contributed by atoms with E-state index < -0.39 is 23.5 Å². The summed E-state index contributed by atoms with van der Waals surface area (Å²) in [6.45, 7) is 6.24. The topological polar surface area (TPSA) is 146 Å². The molecule has 3 N–H and O–H groups in total. The van der Waals surface area contributed by atoms with Crippen LogP contribution < -0.4 is 11.1 Å². The molecule has 0 unspecified atom stereocenters. The third-order valence-electron chi connectivity index (χ3n) is 5.42. The molecule has 0 bridgehead atoms. The zero-order valence-corrected chi connectivity index (χ0v) is 21.0. The maximum Gasteiger partial charge on any atom is 0.437 e. The van der Waals surface area contributed by atoms with Gasteiger partial charge in [0, 0.05) is 17.0 Å². The number of hydrogen-bond acceptors (Lipinski definition) is 7. The van der Waals surface area contributed by atoms with Crippen LogP contribution in [0.3, 0.4) is 0 Å². The first-order valence-corrected chi connectivity index (χ1v) is 11.3. The van der Waals surface area contributed by atoms with E-state index in [1.165, 1.54) is 19.3 Å². The molecule has 0 radical (unpaired) electrons. The van der Waals surface area contributed by atoms with E-state index in [2.05, 4.69) is 26.1 Å². The number of oxazole rings is 1. The molecule has 3 aromatic heterocycles. The lowest BCUT2D eigenvalue weighted by molar-refractivity contribution is -0.140. The van der Waals surface area contributed by atoms with Crippen molar-refractivity contribution in [1.29, 1.82) is 0 Å². The lowest BCUT2D eigenvalue weighted by Gasteiger charge is -2.11. The highest BCUT2D eigenvalue weighted by Gasteiger charge is 2.39. The number of nitrogens with zero attached hydrogens (tertiary/aromatic N) is 4. The van der Waals surface area contributed by atoms with Crippen molar-refractivity contribution in [1.82, 2.24) is 19.7 Å². The molecular formula is C25H25F3N6O4. The number of hydrogen-bond donors (Lipinski definition) is 2. The van der Waals surface area contributed by atoms with Gasteiger partial charge in [-0.25, -0.2) is 4.98 Å². The molecule has 0 aliphatic heterocycles. The van der Waals surface area contributed by atoms with Gasteiger partial charge in [-0.2, -0.15) is 18.3 Å². The summed E-state index contributed by atoms with van der Waals surface area (Å²) < 4.78 is 47.8. The molecular weight excluding hydrogens is 505 g/mol. The van der Waals surface area contributed by atoms with E-state index in [-0.39, 0.29) is 47.5 Å². The number of ketones is 1. The van der Waals surface area contributed by atoms with Crippen LogP contribution in [0.25, 0.3) is 10.9 Å². The fourth-order valence-electron chi connectivity index (χ4n) is 3.65. The van der Waals surface area contributed by atoms with Crippen molar-refractivity contribution in [3.8, 4) is 0 Å². The Morgan fingerprint density at radius 3 is 2.47 bits per heavy atom. The van der Waals surface area contributed by atoms with Crippen molar-refractivity contribution in [3.05, 3.63) is 70.8 Å². The first kappa shape index (κ1) is 28.0. The Labute approximate surface area is 215 Å². The number of amides is 2. The standard InChI is InChI=1S/C24H22F3N5O3.CH3NO/c1-12(2)21(33)18-11-35-19(29-18)10-32-14(4)20(22(31-32)24(25,26)27)30-23(34)16-9-13(3)28-17-8-6-5-7-15(16)17;2-1-3/h5-9,11-12H,10H2,1-4H3,(H,30,34);1H,(H2,2,3). The van der Waals surface area contributed by atoms with Crippen molar-refractivity contribution in [2.45, 2.75) is 40.4 Å². The summed E-state index contributed by atoms with van der Waals surface area (Å²) in [5.41, 5.74) is 3.89. The monoisotopic (exact) mass is 530 g/mol. The Morgan fingerprint density at radius 2 is 1.84 bits per heavy atom. The minimum absolute atomic E-state index is 0.0157. The summed E-state index contributed by atoms with van der Waals surface area (Å²) in [5, 5.41) is 6.57. The number of aryl methyl sites for hydroxylation is 1. The number of alkyl halides is 3. The van der Waals surface area contributed by atoms with Crippen LogP contribution in [0.5, 0.6) is 0 Å². The average molecular weight is 531 g/mol. The van der Waals surface area contributed by atoms with Crippen molar-refractivity contribution < 1.29 is 32.0 Å². The molecule has 4 rings (SSSR count).